The zero-order chi connectivity index (χ0) is 12.8. The molecule has 0 saturated heterocycles. The van der Waals surface area contributed by atoms with Gasteiger partial charge in [-0.05, 0) is 22.8 Å². The molecule has 2 heteroatoms. The van der Waals surface area contributed by atoms with Crippen molar-refractivity contribution < 1.29 is 4.79 Å². The van der Waals surface area contributed by atoms with Crippen LogP contribution in [0, 0.1) is 6.92 Å². The van der Waals surface area contributed by atoms with Gasteiger partial charge in [0.1, 0.15) is 0 Å². The fourth-order valence-electron chi connectivity index (χ4n) is 1.95. The zero-order valence-electron chi connectivity index (χ0n) is 10.5. The Bertz CT molecular complexity index is 533. The van der Waals surface area contributed by atoms with Crippen molar-refractivity contribution in [3.8, 4) is 0 Å². The third kappa shape index (κ3) is 3.33. The minimum atomic E-state index is 0.0822. The van der Waals surface area contributed by atoms with E-state index < -0.39 is 0 Å². The highest BCUT2D eigenvalue weighted by Gasteiger charge is 2.03. The number of rotatable bonds is 5. The summed E-state index contributed by atoms with van der Waals surface area (Å²) >= 11 is 0. The van der Waals surface area contributed by atoms with Crippen molar-refractivity contribution >= 4 is 16.7 Å². The van der Waals surface area contributed by atoms with E-state index in [0.717, 1.165) is 24.9 Å². The Morgan fingerprint density at radius 2 is 1.89 bits per heavy atom. The van der Waals surface area contributed by atoms with Gasteiger partial charge in [0, 0.05) is 6.54 Å². The van der Waals surface area contributed by atoms with E-state index in [0.29, 0.717) is 6.42 Å². The van der Waals surface area contributed by atoms with Gasteiger partial charge in [0.25, 0.3) is 0 Å². The van der Waals surface area contributed by atoms with Gasteiger partial charge < -0.3 is 5.32 Å². The molecule has 2 aromatic carbocycles. The van der Waals surface area contributed by atoms with Crippen molar-refractivity contribution in [2.75, 3.05) is 6.54 Å². The molecule has 1 N–H and O–H groups in total. The Morgan fingerprint density at radius 1 is 1.11 bits per heavy atom. The highest BCUT2D eigenvalue weighted by atomic mass is 16.1. The summed E-state index contributed by atoms with van der Waals surface area (Å²) in [6.45, 7) is 4.47. The maximum absolute atomic E-state index is 11.7. The summed E-state index contributed by atoms with van der Waals surface area (Å²) in [5, 5.41) is 5.29. The number of hydrogen-bond donors (Lipinski definition) is 1. The molecule has 0 unspecified atom stereocenters. The number of amides is 1. The molecule has 0 bridgehead atoms. The second-order valence-corrected chi connectivity index (χ2v) is 4.42. The summed E-state index contributed by atoms with van der Waals surface area (Å²) in [6, 6.07) is 14.3. The summed E-state index contributed by atoms with van der Waals surface area (Å²) in [7, 11) is 0. The molecule has 0 heterocycles. The molecule has 0 fully saturated rings. The van der Waals surface area contributed by atoms with Crippen LogP contribution in [0.25, 0.3) is 10.8 Å². The normalized spacial score (nSPS) is 10.5. The van der Waals surface area contributed by atoms with E-state index in [4.69, 9.17) is 0 Å². The lowest BCUT2D eigenvalue weighted by Crippen LogP contribution is -2.25. The van der Waals surface area contributed by atoms with Crippen LogP contribution >= 0.6 is 0 Å². The highest BCUT2D eigenvalue weighted by Crippen LogP contribution is 2.15. The van der Waals surface area contributed by atoms with Crippen molar-refractivity contribution in [2.45, 2.75) is 19.3 Å². The molecule has 0 aromatic heterocycles. The van der Waals surface area contributed by atoms with Gasteiger partial charge in [0.2, 0.25) is 5.91 Å². The Kier molecular flexibility index (Phi) is 4.35. The lowest BCUT2D eigenvalue weighted by atomic mass is 10.0. The van der Waals surface area contributed by atoms with E-state index >= 15 is 0 Å². The quantitative estimate of drug-likeness (QED) is 0.799. The first-order chi connectivity index (χ1) is 8.79. The van der Waals surface area contributed by atoms with Crippen molar-refractivity contribution in [1.29, 1.82) is 0 Å². The van der Waals surface area contributed by atoms with Crippen LogP contribution in [-0.2, 0) is 11.2 Å². The second-order valence-electron chi connectivity index (χ2n) is 4.42. The Labute approximate surface area is 108 Å². The molecule has 1 radical (unpaired) electrons. The van der Waals surface area contributed by atoms with Gasteiger partial charge in [-0.25, -0.2) is 0 Å². The molecule has 0 aliphatic carbocycles. The van der Waals surface area contributed by atoms with Crippen LogP contribution in [0.1, 0.15) is 18.4 Å². The van der Waals surface area contributed by atoms with Crippen LogP contribution in [0.5, 0.6) is 0 Å². The summed E-state index contributed by atoms with van der Waals surface area (Å²) in [6.07, 6.45) is 2.24. The largest absolute Gasteiger partial charge is 0.356 e. The second kappa shape index (κ2) is 6.20. The smallest absolute Gasteiger partial charge is 0.224 e. The number of hydrogen-bond acceptors (Lipinski definition) is 1. The summed E-state index contributed by atoms with van der Waals surface area (Å²) < 4.78 is 0. The topological polar surface area (TPSA) is 29.1 Å². The minimum Gasteiger partial charge on any atom is -0.356 e. The predicted octanol–water partition coefficient (Wildman–Crippen LogP) is 3.11. The van der Waals surface area contributed by atoms with Gasteiger partial charge in [-0.15, -0.1) is 0 Å². The Morgan fingerprint density at radius 3 is 2.67 bits per heavy atom. The van der Waals surface area contributed by atoms with Crippen LogP contribution < -0.4 is 5.32 Å². The summed E-state index contributed by atoms with van der Waals surface area (Å²) in [5.74, 6) is 0.0822. The first kappa shape index (κ1) is 12.6. The molecule has 0 aliphatic heterocycles. The van der Waals surface area contributed by atoms with E-state index in [9.17, 15) is 4.79 Å². The van der Waals surface area contributed by atoms with Crippen molar-refractivity contribution in [3.05, 3.63) is 55.0 Å². The molecular formula is C16H18NO. The Hall–Kier alpha value is -1.83. The molecule has 2 aromatic rings. The molecular weight excluding hydrogens is 222 g/mol. The molecule has 0 aliphatic rings. The van der Waals surface area contributed by atoms with E-state index in [-0.39, 0.29) is 5.91 Å². The third-order valence-corrected chi connectivity index (χ3v) is 2.93. The SMILES string of the molecule is [CH2]CCCNC(=O)Cc1ccc2ccccc2c1. The fourth-order valence-corrected chi connectivity index (χ4v) is 1.95. The van der Waals surface area contributed by atoms with Crippen molar-refractivity contribution in [2.24, 2.45) is 0 Å². The highest BCUT2D eigenvalue weighted by molar-refractivity contribution is 5.85. The molecule has 0 atom stereocenters. The number of benzene rings is 2. The third-order valence-electron chi connectivity index (χ3n) is 2.93. The molecule has 0 spiro atoms. The van der Waals surface area contributed by atoms with Gasteiger partial charge in [-0.3, -0.25) is 4.79 Å². The van der Waals surface area contributed by atoms with Gasteiger partial charge in [-0.2, -0.15) is 0 Å². The first-order valence-corrected chi connectivity index (χ1v) is 6.33. The van der Waals surface area contributed by atoms with Crippen LogP contribution in [-0.4, -0.2) is 12.5 Å². The Balaban J connectivity index is 2.01. The number of unbranched alkanes of at least 4 members (excludes halogenated alkanes) is 1. The van der Waals surface area contributed by atoms with E-state index in [1.807, 2.05) is 18.2 Å². The molecule has 2 nitrogen and oxygen atoms in total. The van der Waals surface area contributed by atoms with Crippen LogP contribution in [0.4, 0.5) is 0 Å². The zero-order valence-corrected chi connectivity index (χ0v) is 10.5. The molecule has 2 rings (SSSR count). The number of nitrogens with one attached hydrogen (secondary N) is 1. The minimum absolute atomic E-state index is 0.0822. The molecule has 18 heavy (non-hydrogen) atoms. The summed E-state index contributed by atoms with van der Waals surface area (Å²) in [4.78, 5) is 11.7. The fraction of sp³-hybridized carbons (Fsp3) is 0.250. The summed E-state index contributed by atoms with van der Waals surface area (Å²) in [5.41, 5.74) is 1.06. The van der Waals surface area contributed by atoms with E-state index in [1.54, 1.807) is 0 Å². The van der Waals surface area contributed by atoms with Crippen LogP contribution in [0.2, 0.25) is 0 Å². The van der Waals surface area contributed by atoms with E-state index in [2.05, 4.69) is 36.5 Å². The lowest BCUT2D eigenvalue weighted by molar-refractivity contribution is -0.120. The first-order valence-electron chi connectivity index (χ1n) is 6.33. The van der Waals surface area contributed by atoms with Crippen LogP contribution in [0.3, 0.4) is 0 Å². The molecule has 1 amide bonds. The average molecular weight is 240 g/mol. The van der Waals surface area contributed by atoms with Crippen LogP contribution in [0.15, 0.2) is 42.5 Å². The average Bonchev–Trinajstić information content (AvgIpc) is 2.39. The van der Waals surface area contributed by atoms with Gasteiger partial charge in [0.05, 0.1) is 6.42 Å². The van der Waals surface area contributed by atoms with Gasteiger partial charge in [0.15, 0.2) is 0 Å². The van der Waals surface area contributed by atoms with Crippen molar-refractivity contribution in [3.63, 3.8) is 0 Å². The number of carbonyl (C=O) groups excluding carboxylic acids is 1. The van der Waals surface area contributed by atoms with E-state index in [1.165, 1.54) is 10.8 Å². The maximum Gasteiger partial charge on any atom is 0.224 e. The lowest BCUT2D eigenvalue weighted by Gasteiger charge is -2.05. The molecule has 93 valence electrons. The predicted molar refractivity (Wildman–Crippen MR) is 75.3 cm³/mol. The number of fused-ring (bicyclic) bond motifs is 1. The maximum atomic E-state index is 11.7. The number of carbonyl (C=O) groups is 1. The standard InChI is InChI=1S/C16H18NO/c1-2-3-10-17-16(18)12-13-8-9-14-6-4-5-7-15(14)11-13/h4-9,11H,1-3,10,12H2,(H,17,18). The van der Waals surface area contributed by atoms with Gasteiger partial charge in [-0.1, -0.05) is 55.8 Å². The monoisotopic (exact) mass is 240 g/mol. The van der Waals surface area contributed by atoms with Crippen molar-refractivity contribution in [1.82, 2.24) is 5.32 Å². The van der Waals surface area contributed by atoms with Gasteiger partial charge >= 0.3 is 0 Å². The molecule has 0 saturated carbocycles.